The van der Waals surface area contributed by atoms with Gasteiger partial charge in [-0.25, -0.2) is 9.97 Å². The Labute approximate surface area is 173 Å². The molecule has 0 saturated heterocycles. The maximum absolute atomic E-state index is 12.4. The lowest BCUT2D eigenvalue weighted by atomic mass is 10.1. The fraction of sp³-hybridized carbons (Fsp3) is 0.190. The van der Waals surface area contributed by atoms with Gasteiger partial charge in [0, 0.05) is 17.3 Å². The van der Waals surface area contributed by atoms with E-state index in [1.165, 1.54) is 11.8 Å². The van der Waals surface area contributed by atoms with Gasteiger partial charge in [0.1, 0.15) is 15.8 Å². The molecule has 0 saturated carbocycles. The van der Waals surface area contributed by atoms with E-state index in [-0.39, 0.29) is 17.7 Å². The molecule has 0 spiro atoms. The van der Waals surface area contributed by atoms with Gasteiger partial charge < -0.3 is 10.1 Å². The van der Waals surface area contributed by atoms with E-state index < -0.39 is 0 Å². The van der Waals surface area contributed by atoms with Gasteiger partial charge in [0.25, 0.3) is 0 Å². The summed E-state index contributed by atoms with van der Waals surface area (Å²) in [7, 11) is 1.63. The summed E-state index contributed by atoms with van der Waals surface area (Å²) in [4.78, 5) is 22.3. The summed E-state index contributed by atoms with van der Waals surface area (Å²) in [5.74, 6) is 0.992. The Morgan fingerprint density at radius 2 is 1.82 bits per heavy atom. The third-order valence-corrected chi connectivity index (χ3v) is 6.01. The first-order valence-electron chi connectivity index (χ1n) is 8.75. The highest BCUT2D eigenvalue weighted by molar-refractivity contribution is 8.02. The number of methoxy groups -OCH3 is 1. The van der Waals surface area contributed by atoms with Crippen molar-refractivity contribution in [1.82, 2.24) is 15.3 Å². The monoisotopic (exact) mass is 411 g/mol. The molecule has 1 amide bonds. The number of amides is 1. The Balaban J connectivity index is 1.58. The van der Waals surface area contributed by atoms with Crippen LogP contribution in [0.4, 0.5) is 0 Å². The van der Waals surface area contributed by atoms with Crippen LogP contribution in [0.25, 0.3) is 0 Å². The zero-order valence-corrected chi connectivity index (χ0v) is 17.3. The molecule has 1 N–H and O–H groups in total. The molecule has 0 fully saturated rings. The largest absolute Gasteiger partial charge is 0.497 e. The van der Waals surface area contributed by atoms with E-state index in [9.17, 15) is 4.79 Å². The highest BCUT2D eigenvalue weighted by Gasteiger charge is 2.13. The number of hydrogen-bond donors (Lipinski definition) is 1. The van der Waals surface area contributed by atoms with Crippen molar-refractivity contribution >= 4 is 29.4 Å². The Bertz CT molecular complexity index is 922. The first-order valence-corrected chi connectivity index (χ1v) is 10.6. The van der Waals surface area contributed by atoms with E-state index in [0.29, 0.717) is 0 Å². The smallest absolute Gasteiger partial charge is 0.230 e. The van der Waals surface area contributed by atoms with Crippen LogP contribution in [0.2, 0.25) is 0 Å². The molecule has 7 heteroatoms. The van der Waals surface area contributed by atoms with E-state index >= 15 is 0 Å². The maximum Gasteiger partial charge on any atom is 0.230 e. The number of nitrogens with one attached hydrogen (secondary N) is 1. The number of thioether (sulfide) groups is 1. The van der Waals surface area contributed by atoms with Crippen LogP contribution in [0.3, 0.4) is 0 Å². The topological polar surface area (TPSA) is 64.1 Å². The molecule has 3 aromatic rings. The predicted molar refractivity (Wildman–Crippen MR) is 113 cm³/mol. The number of hydrogen-bond acceptors (Lipinski definition) is 6. The van der Waals surface area contributed by atoms with E-state index in [4.69, 9.17) is 4.74 Å². The molecule has 28 heavy (non-hydrogen) atoms. The van der Waals surface area contributed by atoms with Crippen LogP contribution in [-0.4, -0.2) is 28.7 Å². The van der Waals surface area contributed by atoms with Crippen molar-refractivity contribution in [1.29, 1.82) is 0 Å². The molecular weight excluding hydrogens is 390 g/mol. The quantitative estimate of drug-likeness (QED) is 0.546. The molecule has 5 nitrogen and oxygen atoms in total. The van der Waals surface area contributed by atoms with Crippen molar-refractivity contribution in [2.24, 2.45) is 0 Å². The van der Waals surface area contributed by atoms with Gasteiger partial charge in [-0.1, -0.05) is 53.9 Å². The van der Waals surface area contributed by atoms with E-state index in [1.54, 1.807) is 31.3 Å². The first kappa shape index (κ1) is 20.2. The van der Waals surface area contributed by atoms with Crippen LogP contribution in [-0.2, 0) is 4.79 Å². The van der Waals surface area contributed by atoms with Crippen LogP contribution in [0, 0.1) is 0 Å². The molecule has 0 aliphatic rings. The lowest BCUT2D eigenvalue weighted by Crippen LogP contribution is -2.28. The number of rotatable bonds is 8. The lowest BCUT2D eigenvalue weighted by Gasteiger charge is -2.15. The van der Waals surface area contributed by atoms with Crippen molar-refractivity contribution in [2.75, 3.05) is 12.9 Å². The number of carbonyl (C=O) groups excluding carboxylic acids is 1. The predicted octanol–water partition coefficient (Wildman–Crippen LogP) is 4.61. The normalized spacial score (nSPS) is 11.6. The Hall–Kier alpha value is -2.51. The van der Waals surface area contributed by atoms with Crippen LogP contribution in [0.15, 0.2) is 81.9 Å². The summed E-state index contributed by atoms with van der Waals surface area (Å²) in [5, 5.41) is 4.57. The number of benzene rings is 2. The minimum absolute atomic E-state index is 0.0540. The third kappa shape index (κ3) is 5.74. The molecule has 144 valence electrons. The summed E-state index contributed by atoms with van der Waals surface area (Å²) in [6.07, 6.45) is 3.31. The molecule has 1 unspecified atom stereocenters. The second-order valence-electron chi connectivity index (χ2n) is 5.94. The molecular formula is C21H21N3O2S2. The molecule has 0 radical (unpaired) electrons. The number of nitrogens with zero attached hydrogens (tertiary/aromatic N) is 2. The fourth-order valence-corrected chi connectivity index (χ4v) is 4.23. The van der Waals surface area contributed by atoms with Gasteiger partial charge in [-0.3, -0.25) is 4.79 Å². The molecule has 1 atom stereocenters. The fourth-order valence-electron chi connectivity index (χ4n) is 2.49. The molecule has 3 rings (SSSR count). The average molecular weight is 412 g/mol. The summed E-state index contributed by atoms with van der Waals surface area (Å²) in [6, 6.07) is 17.6. The zero-order chi connectivity index (χ0) is 19.8. The summed E-state index contributed by atoms with van der Waals surface area (Å²) in [6.45, 7) is 1.95. The van der Waals surface area contributed by atoms with Crippen LogP contribution in [0.1, 0.15) is 18.5 Å². The number of ether oxygens (including phenoxy) is 1. The lowest BCUT2D eigenvalue weighted by molar-refractivity contribution is -0.119. The Morgan fingerprint density at radius 1 is 1.07 bits per heavy atom. The maximum atomic E-state index is 12.4. The second kappa shape index (κ2) is 10.1. The highest BCUT2D eigenvalue weighted by Crippen LogP contribution is 2.32. The molecule has 0 aliphatic heterocycles. The Kier molecular flexibility index (Phi) is 7.33. The van der Waals surface area contributed by atoms with Crippen molar-refractivity contribution in [3.8, 4) is 5.75 Å². The van der Waals surface area contributed by atoms with Crippen molar-refractivity contribution in [3.05, 3.63) is 72.6 Å². The summed E-state index contributed by atoms with van der Waals surface area (Å²) >= 11 is 2.93. The van der Waals surface area contributed by atoms with Gasteiger partial charge in [-0.2, -0.15) is 0 Å². The Morgan fingerprint density at radius 3 is 2.57 bits per heavy atom. The molecule has 0 bridgehead atoms. The molecule has 2 aromatic carbocycles. The number of aromatic nitrogens is 2. The van der Waals surface area contributed by atoms with Gasteiger partial charge in [-0.05, 0) is 36.8 Å². The van der Waals surface area contributed by atoms with Gasteiger partial charge in [0.15, 0.2) is 0 Å². The van der Waals surface area contributed by atoms with Crippen molar-refractivity contribution in [2.45, 2.75) is 27.9 Å². The van der Waals surface area contributed by atoms with E-state index in [1.807, 2.05) is 61.5 Å². The van der Waals surface area contributed by atoms with Gasteiger partial charge >= 0.3 is 0 Å². The van der Waals surface area contributed by atoms with Crippen molar-refractivity contribution < 1.29 is 9.53 Å². The molecule has 1 aromatic heterocycles. The zero-order valence-electron chi connectivity index (χ0n) is 15.7. The van der Waals surface area contributed by atoms with Gasteiger partial charge in [-0.15, -0.1) is 0 Å². The first-order chi connectivity index (χ1) is 13.7. The number of carbonyl (C=O) groups is 1. The second-order valence-corrected chi connectivity index (χ2v) is 7.96. The van der Waals surface area contributed by atoms with Crippen LogP contribution in [0.5, 0.6) is 5.75 Å². The van der Waals surface area contributed by atoms with E-state index in [0.717, 1.165) is 26.3 Å². The molecule has 1 heterocycles. The SMILES string of the molecule is COc1cccc(C(C)NC(=O)CSc2nccnc2Sc2ccccc2)c1. The van der Waals surface area contributed by atoms with E-state index in [2.05, 4.69) is 15.3 Å². The van der Waals surface area contributed by atoms with Gasteiger partial charge in [0.05, 0.1) is 18.9 Å². The van der Waals surface area contributed by atoms with Crippen LogP contribution < -0.4 is 10.1 Å². The molecule has 0 aliphatic carbocycles. The standard InChI is InChI=1S/C21H21N3O2S2/c1-15(16-7-6-8-17(13-16)26-2)24-19(25)14-27-20-21(23-12-11-22-20)28-18-9-4-3-5-10-18/h3-13,15H,14H2,1-2H3,(H,24,25). The minimum atomic E-state index is -0.108. The van der Waals surface area contributed by atoms with Crippen molar-refractivity contribution in [3.63, 3.8) is 0 Å². The van der Waals surface area contributed by atoms with Crippen LogP contribution >= 0.6 is 23.5 Å². The highest BCUT2D eigenvalue weighted by atomic mass is 32.2. The third-order valence-electron chi connectivity index (χ3n) is 3.90. The average Bonchev–Trinajstić information content (AvgIpc) is 2.74. The summed E-state index contributed by atoms with van der Waals surface area (Å²) < 4.78 is 5.24. The van der Waals surface area contributed by atoms with Gasteiger partial charge in [0.2, 0.25) is 5.91 Å². The summed E-state index contributed by atoms with van der Waals surface area (Å²) in [5.41, 5.74) is 0.998. The minimum Gasteiger partial charge on any atom is -0.497 e.